The van der Waals surface area contributed by atoms with E-state index in [0.717, 1.165) is 80.3 Å². The van der Waals surface area contributed by atoms with E-state index in [-0.39, 0.29) is 70.1 Å². The predicted molar refractivity (Wildman–Crippen MR) is 364 cm³/mol. The standard InChI is InChI=1S/C24H25ClN4O6S2.C15H23ClO2Si.C14H11ClO2S.C8H8BrClO.3CH4/c25-18-3-1-2-13-4-5-34-23(21(13)18)15-7-20(36-11-15)22(31)17-9-27-12-28-24(17)29-16-6-14(19(30)8-16)10-35-37(26,32)33;1-15(2,3)19(4,5)18-10-9-12-7-6-8-14(16)13(12)11-17;15-12-3-1-2-9-4-5-17-14(13(9)12)10-6-11(7-16)18-8-10;9-8-6(4-5-11)2-1-3-7(8)10;;;/h1-3,7,9,11-12,14,16,19,23,30H,4-6,8,10H2,(H2,26,32,33)(H,27,28,29);6-8,11H,9-10H2,1-5H3;1-3,6-8,14H,4-5H2;1-3,11H,4-5H2;3*1H4/t14-,16-,19+,23?;;;;;;/m1....../s1. The number of benzene rings is 4. The zero-order valence-corrected chi connectivity index (χ0v) is 55.4. The Bertz CT molecular complexity index is 3550. The Morgan fingerprint density at radius 3 is 1.95 bits per heavy atom. The van der Waals surface area contributed by atoms with E-state index in [1.54, 1.807) is 6.07 Å². The SMILES string of the molecule is C.C.C.CC(C)(C)[Si](C)(C)OCCc1cccc(Cl)c1C=O.NS(=O)(=O)OC[C@H]1C[C@@H](Nc2ncncc2C(=O)c2cc(C3OCCc4cccc(Cl)c43)cs2)C[C@@H]1O.O=Cc1cc(C2OCCc3cccc(Cl)c32)cs1.OCCc1cccc(Cl)c1Br. The van der Waals surface area contributed by atoms with Crippen molar-refractivity contribution < 1.29 is 51.1 Å². The van der Waals surface area contributed by atoms with Crippen molar-refractivity contribution in [1.82, 2.24) is 9.97 Å². The fraction of sp³-hybridized carbons (Fsp3) is 0.391. The minimum Gasteiger partial charge on any atom is -0.416 e. The lowest BCUT2D eigenvalue weighted by Gasteiger charge is -2.36. The predicted octanol–water partition coefficient (Wildman–Crippen LogP) is 16.0. The molecule has 1 aliphatic carbocycles. The van der Waals surface area contributed by atoms with Gasteiger partial charge in [0.1, 0.15) is 24.4 Å². The molecular weight excluding hydrogens is 1350 g/mol. The molecule has 88 heavy (non-hydrogen) atoms. The van der Waals surface area contributed by atoms with Crippen molar-refractivity contribution in [1.29, 1.82) is 0 Å². The van der Waals surface area contributed by atoms with Gasteiger partial charge in [-0.2, -0.15) is 8.42 Å². The zero-order valence-electron chi connectivity index (χ0n) is 47.4. The number of halogens is 5. The van der Waals surface area contributed by atoms with Crippen LogP contribution in [0.25, 0.3) is 0 Å². The lowest BCUT2D eigenvalue weighted by atomic mass is 9.94. The van der Waals surface area contributed by atoms with Gasteiger partial charge < -0.3 is 29.4 Å². The minimum atomic E-state index is -4.10. The second-order valence-corrected chi connectivity index (χ2v) is 32.1. The smallest absolute Gasteiger partial charge is 0.333 e. The monoisotopic (exact) mass is 1420 g/mol. The van der Waals surface area contributed by atoms with Crippen LogP contribution in [0.5, 0.6) is 0 Å². The van der Waals surface area contributed by atoms with Gasteiger partial charge in [0.15, 0.2) is 20.9 Å². The highest BCUT2D eigenvalue weighted by Gasteiger charge is 2.38. The summed E-state index contributed by atoms with van der Waals surface area (Å²) >= 11 is 30.7. The van der Waals surface area contributed by atoms with E-state index in [4.69, 9.17) is 70.5 Å². The molecule has 15 nitrogen and oxygen atoms in total. The number of hydrogen-bond donors (Lipinski definition) is 4. The van der Waals surface area contributed by atoms with Crippen LogP contribution in [0.1, 0.15) is 148 Å². The Labute approximate surface area is 556 Å². The fourth-order valence-corrected chi connectivity index (χ4v) is 14.1. The number of thiophene rings is 2. The quantitative estimate of drug-likeness (QED) is 0.0378. The van der Waals surface area contributed by atoms with E-state index >= 15 is 0 Å². The maximum Gasteiger partial charge on any atom is 0.333 e. The van der Waals surface area contributed by atoms with E-state index in [1.807, 2.05) is 83.6 Å². The topological polar surface area (TPSA) is 227 Å². The molecule has 1 fully saturated rings. The van der Waals surface area contributed by atoms with Crippen LogP contribution in [0.15, 0.2) is 113 Å². The Hall–Kier alpha value is -4.30. The molecule has 3 aromatic heterocycles. The average molecular weight is 1430 g/mol. The van der Waals surface area contributed by atoms with Gasteiger partial charge in [-0.05, 0) is 153 Å². The maximum absolute atomic E-state index is 13.5. The molecule has 0 radical (unpaired) electrons. The van der Waals surface area contributed by atoms with Gasteiger partial charge in [-0.15, -0.1) is 22.7 Å². The van der Waals surface area contributed by atoms with Crippen molar-refractivity contribution in [2.45, 2.75) is 124 Å². The van der Waals surface area contributed by atoms with Crippen LogP contribution in [-0.4, -0.2) is 100 Å². The molecule has 5 heterocycles. The highest BCUT2D eigenvalue weighted by Crippen LogP contribution is 2.42. The van der Waals surface area contributed by atoms with E-state index < -0.39 is 30.6 Å². The van der Waals surface area contributed by atoms with Crippen molar-refractivity contribution in [2.75, 3.05) is 38.4 Å². The third-order valence-electron chi connectivity index (χ3n) is 15.0. The van der Waals surface area contributed by atoms with Gasteiger partial charge in [-0.25, -0.2) is 15.1 Å². The summed E-state index contributed by atoms with van der Waals surface area (Å²) in [5.74, 6) is -0.341. The van der Waals surface area contributed by atoms with Crippen LogP contribution in [0.4, 0.5) is 5.82 Å². The summed E-state index contributed by atoms with van der Waals surface area (Å²) in [6.07, 6.45) is 6.97. The number of nitrogens with two attached hydrogens (primary N) is 1. The molecule has 3 aliphatic rings. The van der Waals surface area contributed by atoms with Crippen molar-refractivity contribution >= 4 is 128 Å². The first-order valence-corrected chi connectivity index (χ1v) is 35.6. The number of aliphatic hydroxyl groups excluding tert-OH is 2. The number of nitrogens with zero attached hydrogens (tertiary/aromatic N) is 2. The summed E-state index contributed by atoms with van der Waals surface area (Å²) in [5, 5.41) is 33.7. The second-order valence-electron chi connectivity index (χ2n) is 21.8. The van der Waals surface area contributed by atoms with Crippen molar-refractivity contribution in [3.05, 3.63) is 198 Å². The third-order valence-corrected chi connectivity index (χ3v) is 24.3. The number of carbonyl (C=O) groups is 3. The highest BCUT2D eigenvalue weighted by molar-refractivity contribution is 9.10. The summed E-state index contributed by atoms with van der Waals surface area (Å²) < 4.78 is 45.7. The Kier molecular flexibility index (Phi) is 30.2. The van der Waals surface area contributed by atoms with Gasteiger partial charge >= 0.3 is 10.3 Å². The molecule has 1 saturated carbocycles. The molecular formula is C64H79BrCl4N4O11S3Si. The number of carbonyl (C=O) groups excluding carboxylic acids is 3. The number of aldehydes is 2. The van der Waals surface area contributed by atoms with Crippen LogP contribution in [0.3, 0.4) is 0 Å². The van der Waals surface area contributed by atoms with Gasteiger partial charge in [0, 0.05) is 62.6 Å². The molecule has 5 N–H and O–H groups in total. The molecule has 2 aliphatic heterocycles. The number of hydrogen-bond acceptors (Lipinski definition) is 16. The summed E-state index contributed by atoms with van der Waals surface area (Å²) in [6, 6.07) is 26.3. The fourth-order valence-electron chi connectivity index (χ4n) is 9.57. The van der Waals surface area contributed by atoms with Gasteiger partial charge in [-0.1, -0.05) is 138 Å². The van der Waals surface area contributed by atoms with Gasteiger partial charge in [0.05, 0.1) is 51.3 Å². The number of aliphatic hydroxyl groups is 2. The summed E-state index contributed by atoms with van der Waals surface area (Å²) in [7, 11) is -5.82. The first-order chi connectivity index (χ1) is 40.4. The number of nitrogens with one attached hydrogen (secondary N) is 1. The number of rotatable bonds is 17. The Morgan fingerprint density at radius 2 is 1.39 bits per heavy atom. The van der Waals surface area contributed by atoms with Gasteiger partial charge in [-0.3, -0.25) is 18.6 Å². The van der Waals surface area contributed by atoms with Gasteiger partial charge in [0.25, 0.3) is 0 Å². The molecule has 478 valence electrons. The van der Waals surface area contributed by atoms with Gasteiger partial charge in [0.2, 0.25) is 5.78 Å². The second kappa shape index (κ2) is 34.9. The first-order valence-electron chi connectivity index (χ1n) is 27.2. The third kappa shape index (κ3) is 20.3. The number of ether oxygens (including phenoxy) is 2. The van der Waals surface area contributed by atoms with Crippen LogP contribution in [-0.2, 0) is 54.1 Å². The van der Waals surface area contributed by atoms with Crippen LogP contribution >= 0.6 is 85.0 Å². The van der Waals surface area contributed by atoms with Crippen LogP contribution in [0.2, 0.25) is 38.2 Å². The lowest BCUT2D eigenvalue weighted by Crippen LogP contribution is -2.41. The van der Waals surface area contributed by atoms with Crippen molar-refractivity contribution in [3.8, 4) is 0 Å². The van der Waals surface area contributed by atoms with Crippen LogP contribution < -0.4 is 10.5 Å². The molecule has 0 amide bonds. The average Bonchev–Trinajstić information content (AvgIpc) is 3.77. The molecule has 0 saturated heterocycles. The maximum atomic E-state index is 13.5. The summed E-state index contributed by atoms with van der Waals surface area (Å²) in [6.45, 7) is 12.9. The lowest BCUT2D eigenvalue weighted by molar-refractivity contribution is 0.0700. The molecule has 4 aromatic carbocycles. The van der Waals surface area contributed by atoms with E-state index in [2.05, 4.69) is 75.3 Å². The molecule has 0 spiro atoms. The Morgan fingerprint density at radius 1 is 0.818 bits per heavy atom. The number of aromatic nitrogens is 2. The van der Waals surface area contributed by atoms with Crippen LogP contribution in [0, 0.1) is 5.92 Å². The minimum absolute atomic E-state index is 0. The Balaban J connectivity index is 0.000000274. The number of ketones is 1. The van der Waals surface area contributed by atoms with E-state index in [0.29, 0.717) is 75.3 Å². The van der Waals surface area contributed by atoms with Crippen molar-refractivity contribution in [3.63, 3.8) is 0 Å². The molecule has 0 bridgehead atoms. The molecule has 24 heteroatoms. The molecule has 10 rings (SSSR count). The van der Waals surface area contributed by atoms with E-state index in [1.165, 1.54) is 40.8 Å². The molecule has 5 atom stereocenters. The highest BCUT2D eigenvalue weighted by atomic mass is 79.9. The van der Waals surface area contributed by atoms with Crippen molar-refractivity contribution in [2.24, 2.45) is 11.1 Å². The number of fused-ring (bicyclic) bond motifs is 2. The summed E-state index contributed by atoms with van der Waals surface area (Å²) in [4.78, 5) is 44.8. The molecule has 7 aromatic rings. The number of anilines is 1. The normalized spacial score (nSPS) is 17.6. The summed E-state index contributed by atoms with van der Waals surface area (Å²) in [5.41, 5.74) is 9.08. The molecule has 2 unspecified atom stereocenters. The largest absolute Gasteiger partial charge is 0.416 e. The zero-order chi connectivity index (χ0) is 61.6. The van der Waals surface area contributed by atoms with E-state index in [9.17, 15) is 27.9 Å². The first kappa shape index (κ1) is 76.2.